The molecule has 0 aromatic heterocycles. The lowest BCUT2D eigenvalue weighted by Crippen LogP contribution is -2.34. The zero-order valence-electron chi connectivity index (χ0n) is 13.1. The van der Waals surface area contributed by atoms with Gasteiger partial charge in [0.25, 0.3) is 5.91 Å². The highest BCUT2D eigenvalue weighted by Crippen LogP contribution is 2.33. The van der Waals surface area contributed by atoms with Crippen molar-refractivity contribution in [3.05, 3.63) is 56.5 Å². The number of hydrogen-bond donors (Lipinski definition) is 3. The van der Waals surface area contributed by atoms with E-state index in [1.165, 1.54) is 37.4 Å². The molecule has 2 aromatic carbocycles. The quantitative estimate of drug-likeness (QED) is 0.616. The Bertz CT molecular complexity index is 882. The van der Waals surface area contributed by atoms with Crippen LogP contribution in [0.4, 0.5) is 5.69 Å². The molecule has 0 unspecified atom stereocenters. The van der Waals surface area contributed by atoms with E-state index in [9.17, 15) is 9.59 Å². The Balaban J connectivity index is 2.12. The molecule has 3 N–H and O–H groups in total. The average Bonchev–Trinajstić information content (AvgIpc) is 2.55. The van der Waals surface area contributed by atoms with Crippen LogP contribution in [0.3, 0.4) is 0 Å². The zero-order valence-corrected chi connectivity index (χ0v) is 16.2. The fourth-order valence-electron chi connectivity index (χ4n) is 1.99. The van der Waals surface area contributed by atoms with E-state index < -0.39 is 11.9 Å². The summed E-state index contributed by atoms with van der Waals surface area (Å²) in [4.78, 5) is 23.4. The molecule has 0 saturated heterocycles. The summed E-state index contributed by atoms with van der Waals surface area (Å²) in [5.74, 6) is -1.48. The lowest BCUT2D eigenvalue weighted by Gasteiger charge is -2.12. The number of carboxylic acid groups (broad SMARTS) is 1. The van der Waals surface area contributed by atoms with Crippen LogP contribution in [-0.2, 0) is 0 Å². The molecule has 26 heavy (non-hydrogen) atoms. The van der Waals surface area contributed by atoms with Crippen LogP contribution in [0.15, 0.2) is 30.3 Å². The van der Waals surface area contributed by atoms with E-state index in [0.717, 1.165) is 0 Å². The minimum absolute atomic E-state index is 0.0447. The Morgan fingerprint density at radius 1 is 1.08 bits per heavy atom. The topological polar surface area (TPSA) is 87.7 Å². The Morgan fingerprint density at radius 2 is 1.69 bits per heavy atom. The number of hydrogen-bond acceptors (Lipinski definition) is 4. The molecule has 0 spiro atoms. The molecule has 0 saturated carbocycles. The van der Waals surface area contributed by atoms with Crippen molar-refractivity contribution in [2.24, 2.45) is 0 Å². The minimum Gasteiger partial charge on any atom is -0.494 e. The predicted octanol–water partition coefficient (Wildman–Crippen LogP) is 4.48. The summed E-state index contributed by atoms with van der Waals surface area (Å²) in [6.07, 6.45) is 0. The molecule has 1 amide bonds. The van der Waals surface area contributed by atoms with Gasteiger partial charge in [-0.05, 0) is 42.5 Å². The molecule has 0 aliphatic heterocycles. The molecule has 0 radical (unpaired) electrons. The molecule has 6 nitrogen and oxygen atoms in total. The maximum absolute atomic E-state index is 12.3. The number of carbonyl (C=O) groups is 2. The molecule has 2 aromatic rings. The van der Waals surface area contributed by atoms with Gasteiger partial charge in [-0.1, -0.05) is 34.8 Å². The van der Waals surface area contributed by atoms with Gasteiger partial charge in [-0.2, -0.15) is 0 Å². The van der Waals surface area contributed by atoms with Gasteiger partial charge >= 0.3 is 5.97 Å². The number of nitrogens with one attached hydrogen (secondary N) is 2. The lowest BCUT2D eigenvalue weighted by molar-refractivity contribution is 0.0697. The highest BCUT2D eigenvalue weighted by Gasteiger charge is 2.15. The van der Waals surface area contributed by atoms with Gasteiger partial charge in [-0.15, -0.1) is 0 Å². The summed E-state index contributed by atoms with van der Waals surface area (Å²) in [5.41, 5.74) is 0.426. The van der Waals surface area contributed by atoms with E-state index in [2.05, 4.69) is 10.6 Å². The molecule has 0 aliphatic carbocycles. The van der Waals surface area contributed by atoms with Crippen molar-refractivity contribution in [1.29, 1.82) is 0 Å². The van der Waals surface area contributed by atoms with Gasteiger partial charge in [0.15, 0.2) is 10.9 Å². The molecular formula is C16H11Cl3N2O4S. The van der Waals surface area contributed by atoms with Gasteiger partial charge in [0.05, 0.1) is 27.7 Å². The first kappa shape index (κ1) is 20.3. The summed E-state index contributed by atoms with van der Waals surface area (Å²) in [7, 11) is 1.41. The number of amides is 1. The van der Waals surface area contributed by atoms with Gasteiger partial charge in [0.2, 0.25) is 0 Å². The number of rotatable bonds is 4. The Hall–Kier alpha value is -2.06. The van der Waals surface area contributed by atoms with Crippen LogP contribution in [0.2, 0.25) is 15.1 Å². The minimum atomic E-state index is -1.18. The van der Waals surface area contributed by atoms with Crippen LogP contribution < -0.4 is 15.4 Å². The summed E-state index contributed by atoms with van der Waals surface area (Å²) in [5, 5.41) is 14.6. The lowest BCUT2D eigenvalue weighted by atomic mass is 10.2. The maximum Gasteiger partial charge on any atom is 0.337 e. The van der Waals surface area contributed by atoms with Gasteiger partial charge in [-0.3, -0.25) is 10.1 Å². The second-order valence-corrected chi connectivity index (χ2v) is 6.51. The first-order valence-electron chi connectivity index (χ1n) is 6.91. The van der Waals surface area contributed by atoms with Crippen LogP contribution in [0, 0.1) is 0 Å². The van der Waals surface area contributed by atoms with Crippen molar-refractivity contribution < 1.29 is 19.4 Å². The third-order valence-electron chi connectivity index (χ3n) is 3.15. The molecule has 0 bridgehead atoms. The van der Waals surface area contributed by atoms with E-state index in [1.807, 2.05) is 0 Å². The van der Waals surface area contributed by atoms with Crippen molar-refractivity contribution in [2.45, 2.75) is 0 Å². The molecular weight excluding hydrogens is 423 g/mol. The maximum atomic E-state index is 12.3. The van der Waals surface area contributed by atoms with Gasteiger partial charge in [0.1, 0.15) is 0 Å². The van der Waals surface area contributed by atoms with E-state index >= 15 is 0 Å². The highest BCUT2D eigenvalue weighted by atomic mass is 35.5. The molecule has 2 rings (SSSR count). The smallest absolute Gasteiger partial charge is 0.337 e. The number of carbonyl (C=O) groups excluding carboxylic acids is 1. The largest absolute Gasteiger partial charge is 0.494 e. The van der Waals surface area contributed by atoms with Crippen molar-refractivity contribution in [2.75, 3.05) is 12.4 Å². The summed E-state index contributed by atoms with van der Waals surface area (Å²) in [6.45, 7) is 0. The third-order valence-corrected chi connectivity index (χ3v) is 4.24. The Morgan fingerprint density at radius 3 is 2.23 bits per heavy atom. The van der Waals surface area contributed by atoms with E-state index in [-0.39, 0.29) is 37.1 Å². The summed E-state index contributed by atoms with van der Waals surface area (Å²) >= 11 is 22.9. The molecule has 136 valence electrons. The highest BCUT2D eigenvalue weighted by molar-refractivity contribution is 7.80. The fraction of sp³-hybridized carbons (Fsp3) is 0.0625. The van der Waals surface area contributed by atoms with Crippen LogP contribution >= 0.6 is 47.0 Å². The van der Waals surface area contributed by atoms with Crippen LogP contribution in [-0.4, -0.2) is 29.2 Å². The molecule has 0 fully saturated rings. The molecule has 0 aliphatic rings. The van der Waals surface area contributed by atoms with Crippen molar-refractivity contribution in [3.63, 3.8) is 0 Å². The fourth-order valence-corrected chi connectivity index (χ4v) is 3.04. The first-order chi connectivity index (χ1) is 12.2. The second-order valence-electron chi connectivity index (χ2n) is 4.88. The van der Waals surface area contributed by atoms with E-state index in [4.69, 9.17) is 56.9 Å². The van der Waals surface area contributed by atoms with Crippen LogP contribution in [0.5, 0.6) is 5.75 Å². The van der Waals surface area contributed by atoms with Gasteiger partial charge < -0.3 is 15.2 Å². The number of benzene rings is 2. The van der Waals surface area contributed by atoms with Crippen molar-refractivity contribution in [1.82, 2.24) is 5.32 Å². The number of thiocarbonyl (C=S) groups is 1. The van der Waals surface area contributed by atoms with Crippen LogP contribution in [0.1, 0.15) is 20.7 Å². The van der Waals surface area contributed by atoms with E-state index in [0.29, 0.717) is 5.69 Å². The molecule has 0 heterocycles. The number of carboxylic acids is 1. The third kappa shape index (κ3) is 4.76. The predicted molar refractivity (Wildman–Crippen MR) is 105 cm³/mol. The standard InChI is InChI=1S/C16H11Cl3N2O4S/c1-25-13-11(18)4-7(5-12(13)19)14(22)21-16(26)20-8-2-3-10(17)9(6-8)15(23)24/h2-6H,1H3,(H,23,24)(H2,20,21,22,26). The summed E-state index contributed by atoms with van der Waals surface area (Å²) < 4.78 is 5.02. The second kappa shape index (κ2) is 8.55. The monoisotopic (exact) mass is 432 g/mol. The molecule has 0 atom stereocenters. The van der Waals surface area contributed by atoms with E-state index in [1.54, 1.807) is 0 Å². The number of methoxy groups -OCH3 is 1. The number of aromatic carboxylic acids is 1. The number of halogens is 3. The SMILES string of the molecule is COc1c(Cl)cc(C(=O)NC(=S)Nc2ccc(Cl)c(C(=O)O)c2)cc1Cl. The van der Waals surface area contributed by atoms with Crippen LogP contribution in [0.25, 0.3) is 0 Å². The van der Waals surface area contributed by atoms with Gasteiger partial charge in [0, 0.05) is 11.3 Å². The van der Waals surface area contributed by atoms with Gasteiger partial charge in [-0.25, -0.2) is 4.79 Å². The van der Waals surface area contributed by atoms with Crippen molar-refractivity contribution in [3.8, 4) is 5.75 Å². The Kier molecular flexibility index (Phi) is 6.66. The first-order valence-corrected chi connectivity index (χ1v) is 8.45. The molecule has 10 heteroatoms. The summed E-state index contributed by atoms with van der Waals surface area (Å²) in [6, 6.07) is 6.99. The number of ether oxygens (including phenoxy) is 1. The zero-order chi connectivity index (χ0) is 19.4. The number of anilines is 1. The Labute approximate surface area is 169 Å². The normalized spacial score (nSPS) is 10.2. The average molecular weight is 434 g/mol. The van der Waals surface area contributed by atoms with Crippen molar-refractivity contribution >= 4 is 69.7 Å².